The molecule has 1 amide bonds. The summed E-state index contributed by atoms with van der Waals surface area (Å²) in [6.07, 6.45) is 4.24. The maximum Gasteiger partial charge on any atom is 0.268 e. The molecule has 6 heteroatoms. The number of nitrogens with zero attached hydrogens (tertiary/aromatic N) is 2. The van der Waals surface area contributed by atoms with Crippen molar-refractivity contribution >= 4 is 27.5 Å². The lowest BCUT2D eigenvalue weighted by Crippen LogP contribution is -2.33. The quantitative estimate of drug-likeness (QED) is 0.944. The number of fused-ring (bicyclic) bond motifs is 1. The molecule has 110 valence electrons. The van der Waals surface area contributed by atoms with E-state index < -0.39 is 0 Å². The van der Waals surface area contributed by atoms with Crippen LogP contribution in [-0.2, 0) is 4.79 Å². The van der Waals surface area contributed by atoms with Crippen LogP contribution in [-0.4, -0.2) is 33.9 Å². The minimum atomic E-state index is -0.0881. The smallest absolute Gasteiger partial charge is 0.268 e. The van der Waals surface area contributed by atoms with Crippen molar-refractivity contribution in [2.75, 3.05) is 13.1 Å². The van der Waals surface area contributed by atoms with Gasteiger partial charge in [0.2, 0.25) is 5.91 Å². The highest BCUT2D eigenvalue weighted by Crippen LogP contribution is 2.32. The Morgan fingerprint density at radius 2 is 2.24 bits per heavy atom. The molecule has 21 heavy (non-hydrogen) atoms. The molecule has 4 rings (SSSR count). The average molecular weight is 303 g/mol. The van der Waals surface area contributed by atoms with Crippen LogP contribution in [0.25, 0.3) is 10.2 Å². The van der Waals surface area contributed by atoms with Gasteiger partial charge in [0.05, 0.1) is 5.52 Å². The molecule has 1 aliphatic heterocycles. The Bertz CT molecular complexity index is 747. The van der Waals surface area contributed by atoms with E-state index in [9.17, 15) is 9.59 Å². The lowest BCUT2D eigenvalue weighted by atomic mass is 9.85. The first-order chi connectivity index (χ1) is 10.2. The second kappa shape index (κ2) is 4.94. The third-order valence-corrected chi connectivity index (χ3v) is 5.54. The van der Waals surface area contributed by atoms with Crippen LogP contribution in [0.15, 0.2) is 16.2 Å². The van der Waals surface area contributed by atoms with Crippen molar-refractivity contribution in [1.82, 2.24) is 14.9 Å². The van der Waals surface area contributed by atoms with Crippen molar-refractivity contribution < 1.29 is 4.79 Å². The SMILES string of the molecule is O=C1C[C@H](c2nc3ccsc3c(=O)[nH]2)CN1CC1CCC1. The maximum absolute atomic E-state index is 12.1. The molecule has 2 aromatic rings. The summed E-state index contributed by atoms with van der Waals surface area (Å²) in [5, 5.41) is 1.87. The molecule has 2 aliphatic rings. The Labute approximate surface area is 126 Å². The molecule has 0 spiro atoms. The van der Waals surface area contributed by atoms with Gasteiger partial charge in [0, 0.05) is 25.4 Å². The van der Waals surface area contributed by atoms with E-state index in [4.69, 9.17) is 0 Å². The van der Waals surface area contributed by atoms with Gasteiger partial charge in [-0.25, -0.2) is 4.98 Å². The molecule has 1 saturated heterocycles. The molecule has 1 aliphatic carbocycles. The van der Waals surface area contributed by atoms with Gasteiger partial charge in [-0.3, -0.25) is 9.59 Å². The zero-order chi connectivity index (χ0) is 14.4. The monoisotopic (exact) mass is 303 g/mol. The molecule has 2 fully saturated rings. The number of hydrogen-bond acceptors (Lipinski definition) is 4. The Balaban J connectivity index is 1.57. The summed E-state index contributed by atoms with van der Waals surface area (Å²) in [5.41, 5.74) is 0.651. The molecule has 3 heterocycles. The highest BCUT2D eigenvalue weighted by Gasteiger charge is 2.34. The number of thiophene rings is 1. The van der Waals surface area contributed by atoms with Crippen molar-refractivity contribution in [1.29, 1.82) is 0 Å². The van der Waals surface area contributed by atoms with Gasteiger partial charge in [0.25, 0.3) is 5.56 Å². The standard InChI is InChI=1S/C15H17N3O2S/c19-12-6-10(8-18(12)7-9-2-1-3-9)14-16-11-4-5-21-13(11)15(20)17-14/h4-5,9-10H,1-3,6-8H2,(H,16,17,20)/t10-/m0/s1. The zero-order valence-corrected chi connectivity index (χ0v) is 12.5. The predicted octanol–water partition coefficient (Wildman–Crippen LogP) is 2.10. The van der Waals surface area contributed by atoms with E-state index in [0.717, 1.165) is 12.1 Å². The van der Waals surface area contributed by atoms with E-state index in [1.807, 2.05) is 16.3 Å². The molecular weight excluding hydrogens is 286 g/mol. The number of aromatic amines is 1. The van der Waals surface area contributed by atoms with Crippen molar-refractivity contribution in [2.45, 2.75) is 31.6 Å². The largest absolute Gasteiger partial charge is 0.342 e. The zero-order valence-electron chi connectivity index (χ0n) is 11.7. The van der Waals surface area contributed by atoms with Gasteiger partial charge in [-0.1, -0.05) is 6.42 Å². The van der Waals surface area contributed by atoms with E-state index in [1.54, 1.807) is 0 Å². The van der Waals surface area contributed by atoms with Crippen molar-refractivity contribution in [3.63, 3.8) is 0 Å². The van der Waals surface area contributed by atoms with Crippen LogP contribution in [0.4, 0.5) is 0 Å². The van der Waals surface area contributed by atoms with Gasteiger partial charge >= 0.3 is 0 Å². The molecule has 0 aromatic carbocycles. The molecule has 1 saturated carbocycles. The number of carbonyl (C=O) groups is 1. The van der Waals surface area contributed by atoms with Crippen LogP contribution in [0.2, 0.25) is 0 Å². The lowest BCUT2D eigenvalue weighted by molar-refractivity contribution is -0.128. The highest BCUT2D eigenvalue weighted by atomic mass is 32.1. The molecule has 1 N–H and O–H groups in total. The fourth-order valence-corrected chi connectivity index (χ4v) is 3.93. The highest BCUT2D eigenvalue weighted by molar-refractivity contribution is 7.17. The third-order valence-electron chi connectivity index (χ3n) is 4.64. The van der Waals surface area contributed by atoms with Crippen molar-refractivity contribution in [3.05, 3.63) is 27.6 Å². The number of likely N-dealkylation sites (tertiary alicyclic amines) is 1. The predicted molar refractivity (Wildman–Crippen MR) is 81.5 cm³/mol. The van der Waals surface area contributed by atoms with Crippen LogP contribution in [0.1, 0.15) is 37.4 Å². The van der Waals surface area contributed by atoms with Crippen LogP contribution < -0.4 is 5.56 Å². The number of aromatic nitrogens is 2. The first kappa shape index (κ1) is 13.0. The summed E-state index contributed by atoms with van der Waals surface area (Å²) >= 11 is 1.40. The second-order valence-electron chi connectivity index (χ2n) is 6.08. The van der Waals surface area contributed by atoms with Gasteiger partial charge < -0.3 is 9.88 Å². The summed E-state index contributed by atoms with van der Waals surface area (Å²) < 4.78 is 0.661. The van der Waals surface area contributed by atoms with Crippen LogP contribution in [0, 0.1) is 5.92 Å². The average Bonchev–Trinajstić information content (AvgIpc) is 3.01. The number of carbonyl (C=O) groups excluding carboxylic acids is 1. The summed E-state index contributed by atoms with van der Waals surface area (Å²) in [7, 11) is 0. The van der Waals surface area contributed by atoms with Gasteiger partial charge in [-0.15, -0.1) is 11.3 Å². The number of nitrogens with one attached hydrogen (secondary N) is 1. The Morgan fingerprint density at radius 3 is 3.00 bits per heavy atom. The minimum absolute atomic E-state index is 0.0228. The van der Waals surface area contributed by atoms with Crippen LogP contribution in [0.3, 0.4) is 0 Å². The summed E-state index contributed by atoms with van der Waals surface area (Å²) in [4.78, 5) is 33.5. The normalized spacial score (nSPS) is 23.0. The fraction of sp³-hybridized carbons (Fsp3) is 0.533. The number of H-pyrrole nitrogens is 1. The summed E-state index contributed by atoms with van der Waals surface area (Å²) in [6, 6.07) is 1.86. The lowest BCUT2D eigenvalue weighted by Gasteiger charge is -2.30. The van der Waals surface area contributed by atoms with Gasteiger partial charge in [0.15, 0.2) is 0 Å². The first-order valence-corrected chi connectivity index (χ1v) is 8.34. The van der Waals surface area contributed by atoms with E-state index in [0.29, 0.717) is 29.4 Å². The van der Waals surface area contributed by atoms with Gasteiger partial charge in [-0.05, 0) is 30.2 Å². The van der Waals surface area contributed by atoms with E-state index >= 15 is 0 Å². The number of hydrogen-bond donors (Lipinski definition) is 1. The van der Waals surface area contributed by atoms with E-state index in [2.05, 4.69) is 9.97 Å². The summed E-state index contributed by atoms with van der Waals surface area (Å²) in [5.74, 6) is 1.56. The van der Waals surface area contributed by atoms with E-state index in [-0.39, 0.29) is 17.4 Å². The Morgan fingerprint density at radius 1 is 1.38 bits per heavy atom. The number of rotatable bonds is 3. The first-order valence-electron chi connectivity index (χ1n) is 7.46. The van der Waals surface area contributed by atoms with Crippen LogP contribution in [0.5, 0.6) is 0 Å². The molecule has 0 radical (unpaired) electrons. The van der Waals surface area contributed by atoms with Crippen LogP contribution >= 0.6 is 11.3 Å². The second-order valence-corrected chi connectivity index (χ2v) is 7.00. The molecule has 1 atom stereocenters. The fourth-order valence-electron chi connectivity index (χ4n) is 3.20. The molecule has 0 unspecified atom stereocenters. The maximum atomic E-state index is 12.1. The minimum Gasteiger partial charge on any atom is -0.342 e. The molecular formula is C15H17N3O2S. The topological polar surface area (TPSA) is 66.1 Å². The Hall–Kier alpha value is -1.69. The van der Waals surface area contributed by atoms with Crippen molar-refractivity contribution in [2.24, 2.45) is 5.92 Å². The molecule has 5 nitrogen and oxygen atoms in total. The molecule has 0 bridgehead atoms. The third kappa shape index (κ3) is 2.27. The van der Waals surface area contributed by atoms with Crippen molar-refractivity contribution in [3.8, 4) is 0 Å². The number of amides is 1. The summed E-state index contributed by atoms with van der Waals surface area (Å²) in [6.45, 7) is 1.56. The van der Waals surface area contributed by atoms with Gasteiger partial charge in [0.1, 0.15) is 10.5 Å². The van der Waals surface area contributed by atoms with E-state index in [1.165, 1.54) is 30.6 Å². The Kier molecular flexibility index (Phi) is 3.06. The van der Waals surface area contributed by atoms with Gasteiger partial charge in [-0.2, -0.15) is 0 Å². The molecule has 2 aromatic heterocycles.